The van der Waals surface area contributed by atoms with Crippen molar-refractivity contribution in [3.63, 3.8) is 0 Å². The van der Waals surface area contributed by atoms with Crippen molar-refractivity contribution in [2.45, 2.75) is 33.1 Å². The quantitative estimate of drug-likeness (QED) is 0.748. The van der Waals surface area contributed by atoms with Gasteiger partial charge in [0.1, 0.15) is 5.75 Å². The normalized spacial score (nSPS) is 11.1. The average molecular weight is 299 g/mol. The zero-order valence-electron chi connectivity index (χ0n) is 11.9. The van der Waals surface area contributed by atoms with Crippen molar-refractivity contribution in [1.29, 1.82) is 0 Å². The highest BCUT2D eigenvalue weighted by molar-refractivity contribution is 7.90. The van der Waals surface area contributed by atoms with Crippen molar-refractivity contribution < 1.29 is 17.9 Å². The third-order valence-corrected chi connectivity index (χ3v) is 4.05. The van der Waals surface area contributed by atoms with Crippen LogP contribution in [0.3, 0.4) is 0 Å². The monoisotopic (exact) mass is 299 g/mol. The van der Waals surface area contributed by atoms with Crippen LogP contribution in [0.15, 0.2) is 24.3 Å². The van der Waals surface area contributed by atoms with E-state index in [1.54, 1.807) is 31.2 Å². The minimum Gasteiger partial charge on any atom is -0.493 e. The molecule has 0 aromatic heterocycles. The Morgan fingerprint density at radius 1 is 1.20 bits per heavy atom. The highest BCUT2D eigenvalue weighted by Crippen LogP contribution is 2.18. The Bertz CT molecular complexity index is 540. The molecule has 1 rings (SSSR count). The van der Waals surface area contributed by atoms with Gasteiger partial charge >= 0.3 is 0 Å². The van der Waals surface area contributed by atoms with E-state index in [4.69, 9.17) is 4.74 Å². The van der Waals surface area contributed by atoms with Crippen LogP contribution in [0, 0.1) is 0 Å². The van der Waals surface area contributed by atoms with Gasteiger partial charge in [-0.25, -0.2) is 13.1 Å². The van der Waals surface area contributed by atoms with Crippen molar-refractivity contribution in [1.82, 2.24) is 4.72 Å². The summed E-state index contributed by atoms with van der Waals surface area (Å²) in [5.41, 5.74) is 0.239. The third kappa shape index (κ3) is 5.21. The van der Waals surface area contributed by atoms with Crippen LogP contribution >= 0.6 is 0 Å². The lowest BCUT2D eigenvalue weighted by Gasteiger charge is -2.11. The molecule has 0 aliphatic heterocycles. The first-order valence-electron chi connectivity index (χ1n) is 6.76. The predicted molar refractivity (Wildman–Crippen MR) is 78.4 cm³/mol. The Morgan fingerprint density at radius 2 is 1.90 bits per heavy atom. The highest BCUT2D eigenvalue weighted by Gasteiger charge is 2.18. The maximum absolute atomic E-state index is 12.0. The molecule has 0 radical (unpaired) electrons. The molecular formula is C14H21NO4S. The Hall–Kier alpha value is -1.56. The zero-order valence-corrected chi connectivity index (χ0v) is 12.7. The second-order valence-electron chi connectivity index (χ2n) is 4.45. The molecule has 1 aromatic rings. The molecule has 1 aromatic carbocycles. The summed E-state index contributed by atoms with van der Waals surface area (Å²) in [5, 5.41) is 0. The van der Waals surface area contributed by atoms with Gasteiger partial charge in [-0.2, -0.15) is 0 Å². The Balaban J connectivity index is 2.82. The second kappa shape index (κ2) is 7.89. The number of amides is 1. The SMILES string of the molecule is CCCCOc1ccccc1C(=O)NS(=O)(=O)CCC. The predicted octanol–water partition coefficient (Wildman–Crippen LogP) is 2.34. The Labute approximate surface area is 120 Å². The topological polar surface area (TPSA) is 72.5 Å². The number of carbonyl (C=O) groups is 1. The third-order valence-electron chi connectivity index (χ3n) is 2.61. The van der Waals surface area contributed by atoms with Crippen LogP contribution in [-0.4, -0.2) is 26.7 Å². The van der Waals surface area contributed by atoms with Crippen molar-refractivity contribution >= 4 is 15.9 Å². The number of sulfonamides is 1. The van der Waals surface area contributed by atoms with Crippen LogP contribution in [0.1, 0.15) is 43.5 Å². The standard InChI is InChI=1S/C14H21NO4S/c1-3-5-10-19-13-9-7-6-8-12(13)14(16)15-20(17,18)11-4-2/h6-9H,3-5,10-11H2,1-2H3,(H,15,16). The molecule has 6 heteroatoms. The summed E-state index contributed by atoms with van der Waals surface area (Å²) in [6, 6.07) is 6.64. The van der Waals surface area contributed by atoms with Crippen LogP contribution in [0.25, 0.3) is 0 Å². The summed E-state index contributed by atoms with van der Waals surface area (Å²) in [6.45, 7) is 4.29. The first-order valence-corrected chi connectivity index (χ1v) is 8.42. The second-order valence-corrected chi connectivity index (χ2v) is 6.29. The number of rotatable bonds is 8. The first kappa shape index (κ1) is 16.5. The molecule has 0 aliphatic carbocycles. The molecular weight excluding hydrogens is 278 g/mol. The lowest BCUT2D eigenvalue weighted by molar-refractivity contribution is 0.0977. The van der Waals surface area contributed by atoms with Gasteiger partial charge in [-0.3, -0.25) is 4.79 Å². The van der Waals surface area contributed by atoms with Crippen LogP contribution in [0.5, 0.6) is 5.75 Å². The molecule has 0 heterocycles. The highest BCUT2D eigenvalue weighted by atomic mass is 32.2. The Kier molecular flexibility index (Phi) is 6.51. The molecule has 0 unspecified atom stereocenters. The minimum absolute atomic E-state index is 0.0718. The number of hydrogen-bond acceptors (Lipinski definition) is 4. The van der Waals surface area contributed by atoms with Gasteiger partial charge in [0.25, 0.3) is 5.91 Å². The fourth-order valence-corrected chi connectivity index (χ4v) is 2.65. The Morgan fingerprint density at radius 3 is 2.55 bits per heavy atom. The lowest BCUT2D eigenvalue weighted by atomic mass is 10.2. The maximum atomic E-state index is 12.0. The fraction of sp³-hybridized carbons (Fsp3) is 0.500. The van der Waals surface area contributed by atoms with Gasteiger partial charge in [-0.05, 0) is 25.0 Å². The van der Waals surface area contributed by atoms with E-state index in [9.17, 15) is 13.2 Å². The summed E-state index contributed by atoms with van der Waals surface area (Å²) >= 11 is 0. The van der Waals surface area contributed by atoms with E-state index in [0.717, 1.165) is 12.8 Å². The van der Waals surface area contributed by atoms with E-state index in [-0.39, 0.29) is 11.3 Å². The molecule has 0 spiro atoms. The number of nitrogens with one attached hydrogen (secondary N) is 1. The lowest BCUT2D eigenvalue weighted by Crippen LogP contribution is -2.32. The van der Waals surface area contributed by atoms with E-state index < -0.39 is 15.9 Å². The van der Waals surface area contributed by atoms with Crippen LogP contribution in [0.4, 0.5) is 0 Å². The van der Waals surface area contributed by atoms with Crippen molar-refractivity contribution in [3.05, 3.63) is 29.8 Å². The summed E-state index contributed by atoms with van der Waals surface area (Å²) in [7, 11) is -3.58. The zero-order chi connectivity index (χ0) is 15.0. The molecule has 20 heavy (non-hydrogen) atoms. The van der Waals surface area contributed by atoms with Gasteiger partial charge in [0, 0.05) is 0 Å². The number of unbranched alkanes of at least 4 members (excludes halogenated alkanes) is 1. The molecule has 112 valence electrons. The van der Waals surface area contributed by atoms with Crippen LogP contribution in [0.2, 0.25) is 0 Å². The van der Waals surface area contributed by atoms with E-state index in [1.807, 2.05) is 6.92 Å². The van der Waals surface area contributed by atoms with E-state index in [0.29, 0.717) is 18.8 Å². The summed E-state index contributed by atoms with van der Waals surface area (Å²) in [5.74, 6) is -0.312. The number of hydrogen-bond donors (Lipinski definition) is 1. The molecule has 0 saturated heterocycles. The van der Waals surface area contributed by atoms with Crippen LogP contribution in [-0.2, 0) is 10.0 Å². The van der Waals surface area contributed by atoms with E-state index >= 15 is 0 Å². The van der Waals surface area contributed by atoms with Gasteiger partial charge in [-0.1, -0.05) is 32.4 Å². The molecule has 0 fully saturated rings. The van der Waals surface area contributed by atoms with Crippen molar-refractivity contribution in [2.24, 2.45) is 0 Å². The molecule has 0 aliphatic rings. The van der Waals surface area contributed by atoms with Gasteiger partial charge in [0.05, 0.1) is 17.9 Å². The summed E-state index contributed by atoms with van der Waals surface area (Å²) in [4.78, 5) is 12.0. The molecule has 1 N–H and O–H groups in total. The molecule has 0 saturated carbocycles. The number of benzene rings is 1. The number of ether oxygens (including phenoxy) is 1. The molecule has 1 amide bonds. The van der Waals surface area contributed by atoms with E-state index in [1.165, 1.54) is 0 Å². The first-order chi connectivity index (χ1) is 9.50. The fourth-order valence-electron chi connectivity index (χ4n) is 1.62. The molecule has 5 nitrogen and oxygen atoms in total. The summed E-state index contributed by atoms with van der Waals surface area (Å²) < 4.78 is 30.8. The van der Waals surface area contributed by atoms with Crippen LogP contribution < -0.4 is 9.46 Å². The van der Waals surface area contributed by atoms with E-state index in [2.05, 4.69) is 4.72 Å². The van der Waals surface area contributed by atoms with Gasteiger partial charge < -0.3 is 4.74 Å². The van der Waals surface area contributed by atoms with Crippen molar-refractivity contribution in [3.8, 4) is 5.75 Å². The smallest absolute Gasteiger partial charge is 0.268 e. The maximum Gasteiger partial charge on any atom is 0.268 e. The van der Waals surface area contributed by atoms with Gasteiger partial charge in [0.15, 0.2) is 0 Å². The van der Waals surface area contributed by atoms with Gasteiger partial charge in [-0.15, -0.1) is 0 Å². The van der Waals surface area contributed by atoms with Crippen molar-refractivity contribution in [2.75, 3.05) is 12.4 Å². The average Bonchev–Trinajstić information content (AvgIpc) is 2.38. The van der Waals surface area contributed by atoms with Gasteiger partial charge in [0.2, 0.25) is 10.0 Å². The molecule has 0 bridgehead atoms. The number of para-hydroxylation sites is 1. The largest absolute Gasteiger partial charge is 0.493 e. The summed E-state index contributed by atoms with van der Waals surface area (Å²) in [6.07, 6.45) is 2.32. The minimum atomic E-state index is -3.58. The number of carbonyl (C=O) groups excluding carboxylic acids is 1. The molecule has 0 atom stereocenters.